The molecule has 0 radical (unpaired) electrons. The SMILES string of the molecule is Cc1cncc(CN2C(=O)CNC(=O)C23CCCCC3)c1. The van der Waals surface area contributed by atoms with E-state index in [1.54, 1.807) is 17.3 Å². The minimum absolute atomic E-state index is 0.0120. The van der Waals surface area contributed by atoms with Crippen molar-refractivity contribution in [2.75, 3.05) is 6.54 Å². The minimum Gasteiger partial charge on any atom is -0.345 e. The molecular formula is C16H21N3O2. The third-order valence-electron chi connectivity index (χ3n) is 4.59. The predicted molar refractivity (Wildman–Crippen MR) is 78.3 cm³/mol. The summed E-state index contributed by atoms with van der Waals surface area (Å²) in [5, 5.41) is 2.77. The molecule has 2 aliphatic rings. The number of hydrogen-bond donors (Lipinski definition) is 1. The molecule has 0 bridgehead atoms. The first-order valence-corrected chi connectivity index (χ1v) is 7.61. The maximum absolute atomic E-state index is 12.5. The molecule has 3 rings (SSSR count). The lowest BCUT2D eigenvalue weighted by atomic mass is 9.78. The van der Waals surface area contributed by atoms with Gasteiger partial charge in [-0.25, -0.2) is 0 Å². The van der Waals surface area contributed by atoms with Crippen LogP contribution < -0.4 is 5.32 Å². The number of carbonyl (C=O) groups excluding carboxylic acids is 2. The second-order valence-corrected chi connectivity index (χ2v) is 6.13. The highest BCUT2D eigenvalue weighted by Crippen LogP contribution is 2.36. The third kappa shape index (κ3) is 2.52. The summed E-state index contributed by atoms with van der Waals surface area (Å²) in [4.78, 5) is 30.8. The second-order valence-electron chi connectivity index (χ2n) is 6.13. The summed E-state index contributed by atoms with van der Waals surface area (Å²) in [5.74, 6) is 0.0282. The Morgan fingerprint density at radius 1 is 1.24 bits per heavy atom. The molecular weight excluding hydrogens is 266 g/mol. The second kappa shape index (κ2) is 5.47. The Bertz CT molecular complexity index is 564. The van der Waals surface area contributed by atoms with Gasteiger partial charge in [-0.3, -0.25) is 14.6 Å². The van der Waals surface area contributed by atoms with Gasteiger partial charge >= 0.3 is 0 Å². The normalized spacial score (nSPS) is 21.5. The van der Waals surface area contributed by atoms with Crippen LogP contribution in [0.25, 0.3) is 0 Å². The molecule has 0 unspecified atom stereocenters. The van der Waals surface area contributed by atoms with Gasteiger partial charge in [0, 0.05) is 18.9 Å². The fourth-order valence-electron chi connectivity index (χ4n) is 3.54. The van der Waals surface area contributed by atoms with Gasteiger partial charge in [0.1, 0.15) is 5.54 Å². The van der Waals surface area contributed by atoms with Crippen LogP contribution in [0.5, 0.6) is 0 Å². The standard InChI is InChI=1S/C16H21N3O2/c1-12-7-13(9-17-8-12)11-19-14(20)10-18-15(21)16(19)5-3-2-4-6-16/h7-9H,2-6,10-11H2,1H3,(H,18,21). The number of nitrogens with one attached hydrogen (secondary N) is 1. The van der Waals surface area contributed by atoms with Crippen LogP contribution in [0.4, 0.5) is 0 Å². The van der Waals surface area contributed by atoms with Crippen molar-refractivity contribution in [3.63, 3.8) is 0 Å². The van der Waals surface area contributed by atoms with Crippen molar-refractivity contribution in [3.8, 4) is 0 Å². The number of carbonyl (C=O) groups is 2. The Morgan fingerprint density at radius 3 is 2.71 bits per heavy atom. The van der Waals surface area contributed by atoms with Gasteiger partial charge in [0.05, 0.1) is 6.54 Å². The van der Waals surface area contributed by atoms with Crippen molar-refractivity contribution >= 4 is 11.8 Å². The monoisotopic (exact) mass is 287 g/mol. The summed E-state index contributed by atoms with van der Waals surface area (Å²) < 4.78 is 0. The Balaban J connectivity index is 1.91. The molecule has 5 nitrogen and oxygen atoms in total. The molecule has 2 heterocycles. The zero-order chi connectivity index (χ0) is 14.9. The van der Waals surface area contributed by atoms with E-state index in [9.17, 15) is 9.59 Å². The summed E-state index contributed by atoms with van der Waals surface area (Å²) in [6.07, 6.45) is 8.26. The molecule has 2 amide bonds. The largest absolute Gasteiger partial charge is 0.345 e. The van der Waals surface area contributed by atoms with Crippen LogP contribution in [0.2, 0.25) is 0 Å². The number of aromatic nitrogens is 1. The number of amides is 2. The van der Waals surface area contributed by atoms with Crippen LogP contribution in [0.1, 0.15) is 43.2 Å². The molecule has 1 saturated heterocycles. The van der Waals surface area contributed by atoms with Crippen molar-refractivity contribution in [2.45, 2.75) is 51.1 Å². The van der Waals surface area contributed by atoms with Gasteiger partial charge in [0.15, 0.2) is 0 Å². The zero-order valence-corrected chi connectivity index (χ0v) is 12.4. The van der Waals surface area contributed by atoms with E-state index < -0.39 is 5.54 Å². The third-order valence-corrected chi connectivity index (χ3v) is 4.59. The molecule has 0 atom stereocenters. The molecule has 1 saturated carbocycles. The highest BCUT2D eigenvalue weighted by atomic mass is 16.2. The van der Waals surface area contributed by atoms with E-state index in [-0.39, 0.29) is 18.4 Å². The van der Waals surface area contributed by atoms with Crippen LogP contribution >= 0.6 is 0 Å². The first kappa shape index (κ1) is 14.0. The van der Waals surface area contributed by atoms with Crippen LogP contribution in [0, 0.1) is 6.92 Å². The maximum atomic E-state index is 12.5. The number of aryl methyl sites for hydroxylation is 1. The number of hydrogen-bond acceptors (Lipinski definition) is 3. The van der Waals surface area contributed by atoms with Crippen molar-refractivity contribution in [1.29, 1.82) is 0 Å². The van der Waals surface area contributed by atoms with Gasteiger partial charge in [-0.15, -0.1) is 0 Å². The van der Waals surface area contributed by atoms with Gasteiger partial charge in [0.25, 0.3) is 0 Å². The quantitative estimate of drug-likeness (QED) is 0.897. The van der Waals surface area contributed by atoms with Gasteiger partial charge in [-0.05, 0) is 30.9 Å². The predicted octanol–water partition coefficient (Wildman–Crippen LogP) is 1.55. The topological polar surface area (TPSA) is 62.3 Å². The fraction of sp³-hybridized carbons (Fsp3) is 0.562. The molecule has 1 aromatic rings. The van der Waals surface area contributed by atoms with Crippen molar-refractivity contribution in [1.82, 2.24) is 15.2 Å². The van der Waals surface area contributed by atoms with Crippen LogP contribution in [-0.2, 0) is 16.1 Å². The Labute approximate surface area is 124 Å². The number of rotatable bonds is 2. The highest BCUT2D eigenvalue weighted by Gasteiger charge is 2.49. The van der Waals surface area contributed by atoms with Crippen LogP contribution in [-0.4, -0.2) is 33.8 Å². The number of nitrogens with zero attached hydrogens (tertiary/aromatic N) is 2. The molecule has 1 N–H and O–H groups in total. The van der Waals surface area contributed by atoms with E-state index >= 15 is 0 Å². The van der Waals surface area contributed by atoms with Gasteiger partial charge < -0.3 is 10.2 Å². The van der Waals surface area contributed by atoms with Crippen molar-refractivity contribution < 1.29 is 9.59 Å². The van der Waals surface area contributed by atoms with E-state index in [1.807, 2.05) is 13.0 Å². The summed E-state index contributed by atoms with van der Waals surface area (Å²) >= 11 is 0. The first-order chi connectivity index (χ1) is 10.1. The van der Waals surface area contributed by atoms with Gasteiger partial charge in [-0.1, -0.05) is 25.3 Å². The summed E-state index contributed by atoms with van der Waals surface area (Å²) in [6, 6.07) is 2.03. The molecule has 5 heteroatoms. The lowest BCUT2D eigenvalue weighted by Gasteiger charge is -2.47. The average Bonchev–Trinajstić information content (AvgIpc) is 2.49. The summed E-state index contributed by atoms with van der Waals surface area (Å²) in [5.41, 5.74) is 1.42. The highest BCUT2D eigenvalue weighted by molar-refractivity contribution is 5.98. The van der Waals surface area contributed by atoms with E-state index in [4.69, 9.17) is 0 Å². The van der Waals surface area contributed by atoms with E-state index in [0.717, 1.165) is 43.2 Å². The molecule has 112 valence electrons. The van der Waals surface area contributed by atoms with Crippen LogP contribution in [0.3, 0.4) is 0 Å². The van der Waals surface area contributed by atoms with Crippen molar-refractivity contribution in [3.05, 3.63) is 29.6 Å². The van der Waals surface area contributed by atoms with Gasteiger partial charge in [-0.2, -0.15) is 0 Å². The van der Waals surface area contributed by atoms with Crippen LogP contribution in [0.15, 0.2) is 18.5 Å². The molecule has 21 heavy (non-hydrogen) atoms. The smallest absolute Gasteiger partial charge is 0.246 e. The molecule has 1 aromatic heterocycles. The molecule has 1 aliphatic heterocycles. The van der Waals surface area contributed by atoms with Gasteiger partial charge in [0.2, 0.25) is 11.8 Å². The molecule has 0 aromatic carbocycles. The summed E-state index contributed by atoms with van der Waals surface area (Å²) in [7, 11) is 0. The Hall–Kier alpha value is -1.91. The van der Waals surface area contributed by atoms with E-state index in [0.29, 0.717) is 6.54 Å². The van der Waals surface area contributed by atoms with Crippen molar-refractivity contribution in [2.24, 2.45) is 0 Å². The lowest BCUT2D eigenvalue weighted by Crippen LogP contribution is -2.67. The number of piperazine rings is 1. The van der Waals surface area contributed by atoms with E-state index in [1.165, 1.54) is 0 Å². The lowest BCUT2D eigenvalue weighted by molar-refractivity contribution is -0.157. The average molecular weight is 287 g/mol. The Morgan fingerprint density at radius 2 is 2.00 bits per heavy atom. The minimum atomic E-state index is -0.642. The molecule has 2 fully saturated rings. The summed E-state index contributed by atoms with van der Waals surface area (Å²) in [6.45, 7) is 2.57. The van der Waals surface area contributed by atoms with E-state index in [2.05, 4.69) is 10.3 Å². The molecule has 1 spiro atoms. The maximum Gasteiger partial charge on any atom is 0.246 e. The number of pyridine rings is 1. The Kier molecular flexibility index (Phi) is 3.66. The first-order valence-electron chi connectivity index (χ1n) is 7.61. The molecule has 1 aliphatic carbocycles. The zero-order valence-electron chi connectivity index (χ0n) is 12.4. The fourth-order valence-corrected chi connectivity index (χ4v) is 3.54.